The molecule has 0 saturated heterocycles. The van der Waals surface area contributed by atoms with Gasteiger partial charge in [-0.1, -0.05) is 24.8 Å². The molecule has 1 N–H and O–H groups in total. The second kappa shape index (κ2) is 7.01. The number of para-hydroxylation sites is 2. The maximum Gasteiger partial charge on any atom is 0.230 e. The first-order valence-corrected chi connectivity index (χ1v) is 9.10. The van der Waals surface area contributed by atoms with E-state index in [1.165, 1.54) is 0 Å². The Morgan fingerprint density at radius 3 is 2.85 bits per heavy atom. The van der Waals surface area contributed by atoms with Gasteiger partial charge in [0.2, 0.25) is 5.91 Å². The van der Waals surface area contributed by atoms with Crippen LogP contribution in [0, 0.1) is 0 Å². The number of ether oxygens (including phenoxy) is 1. The minimum absolute atomic E-state index is 0.0674. The van der Waals surface area contributed by atoms with Gasteiger partial charge in [-0.25, -0.2) is 4.98 Å². The summed E-state index contributed by atoms with van der Waals surface area (Å²) >= 11 is 1.54. The predicted molar refractivity (Wildman–Crippen MR) is 105 cm³/mol. The van der Waals surface area contributed by atoms with Gasteiger partial charge in [0.15, 0.2) is 4.96 Å². The Hall–Kier alpha value is -3.12. The molecule has 2 aromatic heterocycles. The van der Waals surface area contributed by atoms with Crippen molar-refractivity contribution in [1.29, 1.82) is 0 Å². The van der Waals surface area contributed by atoms with Crippen molar-refractivity contribution in [2.24, 2.45) is 0 Å². The van der Waals surface area contributed by atoms with Gasteiger partial charge in [0, 0.05) is 16.8 Å². The number of rotatable bonds is 6. The third-order valence-corrected chi connectivity index (χ3v) is 4.84. The summed E-state index contributed by atoms with van der Waals surface area (Å²) < 4.78 is 7.49. The number of benzene rings is 2. The summed E-state index contributed by atoms with van der Waals surface area (Å²) in [6.45, 7) is 4.07. The van der Waals surface area contributed by atoms with Crippen LogP contribution in [-0.2, 0) is 11.2 Å². The molecule has 2 aromatic carbocycles. The molecule has 0 atom stereocenters. The SMILES string of the molecule is C=CCOc1ccc(NC(=O)Cc2csc3nc4ccccc4n23)cc1. The van der Waals surface area contributed by atoms with E-state index in [4.69, 9.17) is 4.74 Å². The predicted octanol–water partition coefficient (Wildman–Crippen LogP) is 4.30. The van der Waals surface area contributed by atoms with Gasteiger partial charge in [0.05, 0.1) is 17.5 Å². The van der Waals surface area contributed by atoms with E-state index in [-0.39, 0.29) is 12.3 Å². The number of nitrogens with zero attached hydrogens (tertiary/aromatic N) is 2. The van der Waals surface area contributed by atoms with Gasteiger partial charge >= 0.3 is 0 Å². The fourth-order valence-corrected chi connectivity index (χ4v) is 3.72. The molecule has 0 fully saturated rings. The number of carbonyl (C=O) groups excluding carboxylic acids is 1. The average Bonchev–Trinajstić information content (AvgIpc) is 3.21. The normalized spacial score (nSPS) is 10.9. The molecule has 0 aliphatic carbocycles. The van der Waals surface area contributed by atoms with Gasteiger partial charge < -0.3 is 10.1 Å². The van der Waals surface area contributed by atoms with Gasteiger partial charge in [-0.2, -0.15) is 0 Å². The average molecular weight is 363 g/mol. The highest BCUT2D eigenvalue weighted by Gasteiger charge is 2.13. The van der Waals surface area contributed by atoms with Crippen LogP contribution >= 0.6 is 11.3 Å². The van der Waals surface area contributed by atoms with Gasteiger partial charge in [-0.3, -0.25) is 9.20 Å². The van der Waals surface area contributed by atoms with Crippen LogP contribution < -0.4 is 10.1 Å². The Kier molecular flexibility index (Phi) is 4.41. The van der Waals surface area contributed by atoms with Gasteiger partial charge in [-0.05, 0) is 36.4 Å². The highest BCUT2D eigenvalue weighted by Crippen LogP contribution is 2.24. The number of aromatic nitrogens is 2. The molecule has 0 aliphatic heterocycles. The Balaban J connectivity index is 1.50. The molecule has 0 aliphatic rings. The standard InChI is InChI=1S/C20H17N3O2S/c1-2-11-25-16-9-7-14(8-10-16)21-19(24)12-15-13-26-20-22-17-5-3-4-6-18(17)23(15)20/h2-10,13H,1,11-12H2,(H,21,24). The summed E-state index contributed by atoms with van der Waals surface area (Å²) in [6.07, 6.45) is 1.98. The van der Waals surface area contributed by atoms with E-state index >= 15 is 0 Å². The molecule has 0 radical (unpaired) electrons. The fraction of sp³-hybridized carbons (Fsp3) is 0.100. The summed E-state index contributed by atoms with van der Waals surface area (Å²) in [6, 6.07) is 15.2. The monoisotopic (exact) mass is 363 g/mol. The molecule has 5 nitrogen and oxygen atoms in total. The second-order valence-corrected chi connectivity index (χ2v) is 6.63. The number of nitrogens with one attached hydrogen (secondary N) is 1. The topological polar surface area (TPSA) is 55.6 Å². The molecule has 130 valence electrons. The Bertz CT molecular complexity index is 1080. The lowest BCUT2D eigenvalue weighted by Crippen LogP contribution is -2.15. The molecule has 26 heavy (non-hydrogen) atoms. The smallest absolute Gasteiger partial charge is 0.230 e. The van der Waals surface area contributed by atoms with Crippen molar-refractivity contribution in [2.45, 2.75) is 6.42 Å². The zero-order chi connectivity index (χ0) is 17.9. The number of hydrogen-bond acceptors (Lipinski definition) is 4. The first-order valence-electron chi connectivity index (χ1n) is 8.22. The van der Waals surface area contributed by atoms with Crippen molar-refractivity contribution in [3.05, 3.63) is 72.3 Å². The third kappa shape index (κ3) is 3.19. The zero-order valence-corrected chi connectivity index (χ0v) is 14.8. The lowest BCUT2D eigenvalue weighted by Gasteiger charge is -2.07. The minimum atomic E-state index is -0.0674. The van der Waals surface area contributed by atoms with Crippen molar-refractivity contribution < 1.29 is 9.53 Å². The van der Waals surface area contributed by atoms with E-state index in [1.54, 1.807) is 17.4 Å². The number of carbonyl (C=O) groups is 1. The van der Waals surface area contributed by atoms with E-state index in [0.29, 0.717) is 6.61 Å². The number of hydrogen-bond donors (Lipinski definition) is 1. The summed E-state index contributed by atoms with van der Waals surface area (Å²) in [4.78, 5) is 17.9. The van der Waals surface area contributed by atoms with Crippen molar-refractivity contribution in [1.82, 2.24) is 9.38 Å². The number of fused-ring (bicyclic) bond motifs is 3. The van der Waals surface area contributed by atoms with Crippen LogP contribution in [0.4, 0.5) is 5.69 Å². The molecule has 1 amide bonds. The Morgan fingerprint density at radius 1 is 1.23 bits per heavy atom. The zero-order valence-electron chi connectivity index (χ0n) is 14.0. The van der Waals surface area contributed by atoms with Gasteiger partial charge in [0.25, 0.3) is 0 Å². The Morgan fingerprint density at radius 2 is 2.04 bits per heavy atom. The van der Waals surface area contributed by atoms with Crippen LogP contribution in [-0.4, -0.2) is 21.9 Å². The summed E-state index contributed by atoms with van der Waals surface area (Å²) in [5.41, 5.74) is 3.64. The van der Waals surface area contributed by atoms with Crippen molar-refractivity contribution >= 4 is 38.9 Å². The van der Waals surface area contributed by atoms with Crippen LogP contribution in [0.1, 0.15) is 5.69 Å². The lowest BCUT2D eigenvalue weighted by molar-refractivity contribution is -0.115. The van der Waals surface area contributed by atoms with E-state index in [2.05, 4.69) is 16.9 Å². The van der Waals surface area contributed by atoms with Gasteiger partial charge in [0.1, 0.15) is 12.4 Å². The molecular formula is C20H17N3O2S. The molecule has 0 spiro atoms. The lowest BCUT2D eigenvalue weighted by atomic mass is 10.2. The molecule has 2 heterocycles. The van der Waals surface area contributed by atoms with Crippen molar-refractivity contribution in [2.75, 3.05) is 11.9 Å². The minimum Gasteiger partial charge on any atom is -0.490 e. The van der Waals surface area contributed by atoms with Crippen LogP contribution in [0.2, 0.25) is 0 Å². The molecule has 4 rings (SSSR count). The number of thiazole rings is 1. The maximum atomic E-state index is 12.5. The van der Waals surface area contributed by atoms with Crippen molar-refractivity contribution in [3.8, 4) is 5.75 Å². The van der Waals surface area contributed by atoms with Gasteiger partial charge in [-0.15, -0.1) is 11.3 Å². The molecular weight excluding hydrogens is 346 g/mol. The largest absolute Gasteiger partial charge is 0.490 e. The molecule has 4 aromatic rings. The molecule has 6 heteroatoms. The van der Waals surface area contributed by atoms with Crippen LogP contribution in [0.3, 0.4) is 0 Å². The Labute approximate surface area is 154 Å². The summed E-state index contributed by atoms with van der Waals surface area (Å²) in [7, 11) is 0. The van der Waals surface area contributed by atoms with E-state index in [9.17, 15) is 4.79 Å². The summed E-state index contributed by atoms with van der Waals surface area (Å²) in [5, 5.41) is 4.91. The van der Waals surface area contributed by atoms with Crippen molar-refractivity contribution in [3.63, 3.8) is 0 Å². The van der Waals surface area contributed by atoms with E-state index in [1.807, 2.05) is 58.3 Å². The number of amides is 1. The fourth-order valence-electron chi connectivity index (χ4n) is 2.81. The highest BCUT2D eigenvalue weighted by molar-refractivity contribution is 7.15. The summed E-state index contributed by atoms with van der Waals surface area (Å²) in [5.74, 6) is 0.676. The molecule has 0 unspecified atom stereocenters. The first kappa shape index (κ1) is 16.4. The molecule has 0 bridgehead atoms. The van der Waals surface area contributed by atoms with E-state index < -0.39 is 0 Å². The highest BCUT2D eigenvalue weighted by atomic mass is 32.1. The number of anilines is 1. The number of imidazole rings is 1. The van der Waals surface area contributed by atoms with Crippen LogP contribution in [0.15, 0.2) is 66.6 Å². The second-order valence-electron chi connectivity index (χ2n) is 5.79. The third-order valence-electron chi connectivity index (χ3n) is 3.97. The van der Waals surface area contributed by atoms with E-state index in [0.717, 1.165) is 33.1 Å². The first-order chi connectivity index (χ1) is 12.7. The maximum absolute atomic E-state index is 12.5. The molecule has 0 saturated carbocycles. The van der Waals surface area contributed by atoms with Crippen LogP contribution in [0.25, 0.3) is 16.0 Å². The quantitative estimate of drug-likeness (QED) is 0.520. The van der Waals surface area contributed by atoms with Crippen LogP contribution in [0.5, 0.6) is 5.75 Å².